The van der Waals surface area contributed by atoms with E-state index in [1.807, 2.05) is 24.0 Å². The van der Waals surface area contributed by atoms with Gasteiger partial charge >= 0.3 is 0 Å². The highest BCUT2D eigenvalue weighted by Crippen LogP contribution is 2.25. The van der Waals surface area contributed by atoms with Gasteiger partial charge in [0, 0.05) is 34.4 Å². The van der Waals surface area contributed by atoms with Crippen LogP contribution in [0.5, 0.6) is 0 Å². The summed E-state index contributed by atoms with van der Waals surface area (Å²) in [4.78, 5) is 4.51. The third-order valence-electron chi connectivity index (χ3n) is 3.01. The molecule has 2 rings (SSSR count). The smallest absolute Gasteiger partial charge is 0.0758 e. The average molecular weight is 339 g/mol. The van der Waals surface area contributed by atoms with Crippen LogP contribution in [0.2, 0.25) is 0 Å². The maximum absolute atomic E-state index is 4.51. The lowest BCUT2D eigenvalue weighted by Crippen LogP contribution is -2.27. The third-order valence-corrected chi connectivity index (χ3v) is 4.85. The standard InChI is InChI=1S/C15H19BrN2S/c1-3-19-10-11(2)18-9-12-6-7-14(16)13-5-4-8-17-15(12)13/h4-8,11,18H,3,9-10H2,1-2H3. The second-order valence-electron chi connectivity index (χ2n) is 4.55. The van der Waals surface area contributed by atoms with Gasteiger partial charge in [0.05, 0.1) is 5.52 Å². The molecule has 0 amide bonds. The van der Waals surface area contributed by atoms with Gasteiger partial charge in [-0.15, -0.1) is 0 Å². The van der Waals surface area contributed by atoms with Crippen molar-refractivity contribution in [3.63, 3.8) is 0 Å². The van der Waals surface area contributed by atoms with Crippen LogP contribution in [0.25, 0.3) is 10.9 Å². The molecular weight excluding hydrogens is 320 g/mol. The number of thioether (sulfide) groups is 1. The quantitative estimate of drug-likeness (QED) is 0.853. The molecule has 0 aliphatic carbocycles. The van der Waals surface area contributed by atoms with Gasteiger partial charge in [0.1, 0.15) is 0 Å². The number of fused-ring (bicyclic) bond motifs is 1. The predicted molar refractivity (Wildman–Crippen MR) is 88.7 cm³/mol. The topological polar surface area (TPSA) is 24.9 Å². The molecule has 4 heteroatoms. The summed E-state index contributed by atoms with van der Waals surface area (Å²) in [5.41, 5.74) is 2.34. The molecule has 0 spiro atoms. The Balaban J connectivity index is 2.11. The molecule has 0 radical (unpaired) electrons. The first kappa shape index (κ1) is 14.8. The van der Waals surface area contributed by atoms with E-state index >= 15 is 0 Å². The van der Waals surface area contributed by atoms with Crippen LogP contribution < -0.4 is 5.32 Å². The van der Waals surface area contributed by atoms with Gasteiger partial charge in [-0.2, -0.15) is 11.8 Å². The monoisotopic (exact) mass is 338 g/mol. The largest absolute Gasteiger partial charge is 0.309 e. The van der Waals surface area contributed by atoms with Crippen molar-refractivity contribution in [3.8, 4) is 0 Å². The number of pyridine rings is 1. The zero-order valence-corrected chi connectivity index (χ0v) is 13.7. The zero-order chi connectivity index (χ0) is 13.7. The molecule has 0 aliphatic rings. The van der Waals surface area contributed by atoms with Crippen molar-refractivity contribution in [2.45, 2.75) is 26.4 Å². The summed E-state index contributed by atoms with van der Waals surface area (Å²) in [5.74, 6) is 2.33. The van der Waals surface area contributed by atoms with Crippen LogP contribution in [-0.2, 0) is 6.54 Å². The molecule has 0 fully saturated rings. The van der Waals surface area contributed by atoms with Crippen LogP contribution in [0.4, 0.5) is 0 Å². The summed E-state index contributed by atoms with van der Waals surface area (Å²) in [5, 5.41) is 4.75. The van der Waals surface area contributed by atoms with E-state index in [0.717, 1.165) is 22.3 Å². The van der Waals surface area contributed by atoms with Gasteiger partial charge in [-0.1, -0.05) is 35.0 Å². The molecule has 1 aromatic heterocycles. The van der Waals surface area contributed by atoms with Crippen molar-refractivity contribution >= 4 is 38.6 Å². The summed E-state index contributed by atoms with van der Waals surface area (Å²) < 4.78 is 1.11. The van der Waals surface area contributed by atoms with E-state index in [0.29, 0.717) is 6.04 Å². The van der Waals surface area contributed by atoms with Gasteiger partial charge in [0.2, 0.25) is 0 Å². The summed E-state index contributed by atoms with van der Waals surface area (Å²) in [6, 6.07) is 8.85. The Hall–Kier alpha value is -0.580. The fraction of sp³-hybridized carbons (Fsp3) is 0.400. The Kier molecular flexibility index (Phi) is 5.67. The maximum Gasteiger partial charge on any atom is 0.0758 e. The maximum atomic E-state index is 4.51. The van der Waals surface area contributed by atoms with Crippen LogP contribution in [-0.4, -0.2) is 22.5 Å². The summed E-state index contributed by atoms with van der Waals surface area (Å²) in [6.45, 7) is 5.30. The fourth-order valence-electron chi connectivity index (χ4n) is 1.98. The molecule has 2 aromatic rings. The molecule has 0 saturated carbocycles. The van der Waals surface area contributed by atoms with E-state index in [-0.39, 0.29) is 0 Å². The highest BCUT2D eigenvalue weighted by atomic mass is 79.9. The number of aromatic nitrogens is 1. The summed E-state index contributed by atoms with van der Waals surface area (Å²) in [6.07, 6.45) is 1.86. The predicted octanol–water partition coefficient (Wildman–Crippen LogP) is 4.23. The van der Waals surface area contributed by atoms with Crippen molar-refractivity contribution in [1.29, 1.82) is 0 Å². The zero-order valence-electron chi connectivity index (χ0n) is 11.3. The summed E-state index contributed by atoms with van der Waals surface area (Å²) >= 11 is 5.55. The van der Waals surface area contributed by atoms with Crippen LogP contribution in [0, 0.1) is 0 Å². The SMILES string of the molecule is CCSCC(C)NCc1ccc(Br)c2cccnc12. The molecule has 0 aliphatic heterocycles. The van der Waals surface area contributed by atoms with Crippen LogP contribution in [0.1, 0.15) is 19.4 Å². The van der Waals surface area contributed by atoms with Crippen molar-refractivity contribution in [2.75, 3.05) is 11.5 Å². The highest BCUT2D eigenvalue weighted by molar-refractivity contribution is 9.10. The molecule has 2 nitrogen and oxygen atoms in total. The minimum Gasteiger partial charge on any atom is -0.309 e. The van der Waals surface area contributed by atoms with Crippen LogP contribution in [0.15, 0.2) is 34.9 Å². The second kappa shape index (κ2) is 7.27. The van der Waals surface area contributed by atoms with Crippen molar-refractivity contribution in [2.24, 2.45) is 0 Å². The van der Waals surface area contributed by atoms with E-state index in [9.17, 15) is 0 Å². The lowest BCUT2D eigenvalue weighted by atomic mass is 10.1. The number of hydrogen-bond acceptors (Lipinski definition) is 3. The first-order chi connectivity index (χ1) is 9.22. The number of rotatable bonds is 6. The number of benzene rings is 1. The number of nitrogens with one attached hydrogen (secondary N) is 1. The Morgan fingerprint density at radius 3 is 3.00 bits per heavy atom. The third kappa shape index (κ3) is 3.94. The normalized spacial score (nSPS) is 12.8. The average Bonchev–Trinajstić information content (AvgIpc) is 2.45. The van der Waals surface area contributed by atoms with Crippen molar-refractivity contribution < 1.29 is 0 Å². The van der Waals surface area contributed by atoms with Gasteiger partial charge in [-0.05, 0) is 30.4 Å². The van der Waals surface area contributed by atoms with E-state index in [1.54, 1.807) is 0 Å². The highest BCUT2D eigenvalue weighted by Gasteiger charge is 2.07. The molecule has 1 atom stereocenters. The number of hydrogen-bond donors (Lipinski definition) is 1. The van der Waals surface area contributed by atoms with E-state index in [1.165, 1.54) is 16.7 Å². The molecule has 0 bridgehead atoms. The van der Waals surface area contributed by atoms with Crippen LogP contribution in [0.3, 0.4) is 0 Å². The Bertz CT molecular complexity index is 545. The Morgan fingerprint density at radius 1 is 1.37 bits per heavy atom. The second-order valence-corrected chi connectivity index (χ2v) is 6.72. The first-order valence-electron chi connectivity index (χ1n) is 6.55. The van der Waals surface area contributed by atoms with Gasteiger partial charge in [0.25, 0.3) is 0 Å². The minimum absolute atomic E-state index is 0.521. The number of halogens is 1. The van der Waals surface area contributed by atoms with Gasteiger partial charge in [-0.3, -0.25) is 4.98 Å². The lowest BCUT2D eigenvalue weighted by molar-refractivity contribution is 0.597. The molecule has 19 heavy (non-hydrogen) atoms. The van der Waals surface area contributed by atoms with Crippen LogP contribution >= 0.6 is 27.7 Å². The fourth-order valence-corrected chi connectivity index (χ4v) is 3.14. The molecule has 1 N–H and O–H groups in total. The van der Waals surface area contributed by atoms with E-state index < -0.39 is 0 Å². The van der Waals surface area contributed by atoms with Crippen molar-refractivity contribution in [3.05, 3.63) is 40.5 Å². The Morgan fingerprint density at radius 2 is 2.21 bits per heavy atom. The molecule has 1 heterocycles. The molecular formula is C15H19BrN2S. The van der Waals surface area contributed by atoms with Gasteiger partial charge in [-0.25, -0.2) is 0 Å². The summed E-state index contributed by atoms with van der Waals surface area (Å²) in [7, 11) is 0. The van der Waals surface area contributed by atoms with Gasteiger partial charge < -0.3 is 5.32 Å². The van der Waals surface area contributed by atoms with E-state index in [2.05, 4.69) is 58.3 Å². The van der Waals surface area contributed by atoms with Gasteiger partial charge in [0.15, 0.2) is 0 Å². The minimum atomic E-state index is 0.521. The molecule has 1 unspecified atom stereocenters. The van der Waals surface area contributed by atoms with Crippen molar-refractivity contribution in [1.82, 2.24) is 10.3 Å². The molecule has 0 saturated heterocycles. The van der Waals surface area contributed by atoms with E-state index in [4.69, 9.17) is 0 Å². The number of nitrogens with zero attached hydrogens (tertiary/aromatic N) is 1. The first-order valence-corrected chi connectivity index (χ1v) is 8.50. The molecule has 102 valence electrons. The molecule has 1 aromatic carbocycles. The Labute approximate surface area is 127 Å². The lowest BCUT2D eigenvalue weighted by Gasteiger charge is -2.14.